The van der Waals surface area contributed by atoms with Crippen LogP contribution >= 0.6 is 0 Å². The Balaban J connectivity index is 1.87. The predicted molar refractivity (Wildman–Crippen MR) is 109 cm³/mol. The number of sulfonamides is 1. The van der Waals surface area contributed by atoms with Gasteiger partial charge in [-0.3, -0.25) is 4.79 Å². The number of hydrogen-bond donors (Lipinski definition) is 1. The molecule has 0 saturated carbocycles. The second-order valence-corrected chi connectivity index (χ2v) is 9.58. The van der Waals surface area contributed by atoms with E-state index in [1.807, 2.05) is 0 Å². The Hall–Kier alpha value is -1.90. The molecule has 0 aromatic heterocycles. The summed E-state index contributed by atoms with van der Waals surface area (Å²) in [4.78, 5) is 15.2. The fourth-order valence-corrected chi connectivity index (χ4v) is 4.45. The maximum Gasteiger partial charge on any atom is 0.253 e. The molecule has 1 aliphatic heterocycles. The Morgan fingerprint density at radius 3 is 2.64 bits per heavy atom. The Labute approximate surface area is 167 Å². The van der Waals surface area contributed by atoms with Gasteiger partial charge in [0, 0.05) is 39.4 Å². The van der Waals surface area contributed by atoms with Crippen molar-refractivity contribution in [3.63, 3.8) is 0 Å². The van der Waals surface area contributed by atoms with E-state index >= 15 is 0 Å². The number of rotatable bonds is 6. The first-order valence-corrected chi connectivity index (χ1v) is 11.2. The Bertz CT molecular complexity index is 830. The van der Waals surface area contributed by atoms with E-state index < -0.39 is 10.0 Å². The predicted octanol–water partition coefficient (Wildman–Crippen LogP) is 1.86. The molecule has 1 unspecified atom stereocenters. The van der Waals surface area contributed by atoms with Crippen molar-refractivity contribution in [1.82, 2.24) is 9.62 Å². The van der Waals surface area contributed by atoms with Crippen molar-refractivity contribution in [2.45, 2.75) is 24.2 Å². The highest BCUT2D eigenvalue weighted by molar-refractivity contribution is 7.89. The van der Waals surface area contributed by atoms with E-state index in [9.17, 15) is 13.2 Å². The highest BCUT2D eigenvalue weighted by Crippen LogP contribution is 2.26. The van der Waals surface area contributed by atoms with Gasteiger partial charge < -0.3 is 15.0 Å². The molecule has 8 heteroatoms. The lowest BCUT2D eigenvalue weighted by atomic mass is 9.94. The highest BCUT2D eigenvalue weighted by Gasteiger charge is 2.24. The molecule has 1 heterocycles. The van der Waals surface area contributed by atoms with Crippen molar-refractivity contribution >= 4 is 21.6 Å². The summed E-state index contributed by atoms with van der Waals surface area (Å²) < 4.78 is 31.7. The van der Waals surface area contributed by atoms with Gasteiger partial charge in [-0.25, -0.2) is 12.7 Å². The van der Waals surface area contributed by atoms with Gasteiger partial charge in [-0.2, -0.15) is 0 Å². The number of morpholine rings is 1. The third-order valence-corrected chi connectivity index (χ3v) is 7.08. The number of carbonyl (C=O) groups is 1. The van der Waals surface area contributed by atoms with Gasteiger partial charge in [0.05, 0.1) is 23.7 Å². The summed E-state index contributed by atoms with van der Waals surface area (Å²) in [5, 5.41) is 3.02. The standard InChI is InChI=1S/C20H29N3O4S/c1-22(2)28(25,26)17-8-9-19(23-10-12-27-13-11-23)18(14-17)20(24)21-15-16-6-4-3-5-7-16/h3-4,8-9,14,16H,5-7,10-13,15H2,1-2H3,(H,21,24). The zero-order valence-electron chi connectivity index (χ0n) is 16.6. The molecule has 28 heavy (non-hydrogen) atoms. The minimum absolute atomic E-state index is 0.125. The first-order chi connectivity index (χ1) is 13.4. The van der Waals surface area contributed by atoms with Gasteiger partial charge in [-0.15, -0.1) is 0 Å². The molecule has 0 bridgehead atoms. The van der Waals surface area contributed by atoms with Gasteiger partial charge in [0.2, 0.25) is 10.0 Å². The summed E-state index contributed by atoms with van der Waals surface area (Å²) in [6, 6.07) is 4.80. The van der Waals surface area contributed by atoms with Crippen molar-refractivity contribution in [2.75, 3.05) is 51.8 Å². The molecule has 0 spiro atoms. The lowest BCUT2D eigenvalue weighted by Gasteiger charge is -2.30. The normalized spacial score (nSPS) is 20.4. The second-order valence-electron chi connectivity index (χ2n) is 7.43. The number of amides is 1. The molecule has 1 aromatic carbocycles. The van der Waals surface area contributed by atoms with Crippen molar-refractivity contribution in [3.05, 3.63) is 35.9 Å². The zero-order chi connectivity index (χ0) is 20.1. The molecule has 1 N–H and O–H groups in total. The molecule has 2 aliphatic rings. The van der Waals surface area contributed by atoms with Gasteiger partial charge >= 0.3 is 0 Å². The molecule has 1 saturated heterocycles. The fourth-order valence-electron chi connectivity index (χ4n) is 3.52. The van der Waals surface area contributed by atoms with Crippen LogP contribution in [0.2, 0.25) is 0 Å². The smallest absolute Gasteiger partial charge is 0.253 e. The largest absolute Gasteiger partial charge is 0.378 e. The van der Waals surface area contributed by atoms with Gasteiger partial charge in [0.15, 0.2) is 0 Å². The summed E-state index contributed by atoms with van der Waals surface area (Å²) in [7, 11) is -0.640. The van der Waals surface area contributed by atoms with Gasteiger partial charge in [0.25, 0.3) is 5.91 Å². The Morgan fingerprint density at radius 2 is 2.00 bits per heavy atom. The lowest BCUT2D eigenvalue weighted by Crippen LogP contribution is -2.38. The zero-order valence-corrected chi connectivity index (χ0v) is 17.4. The number of carbonyl (C=O) groups excluding carboxylic acids is 1. The molecule has 1 aliphatic carbocycles. The molecular formula is C20H29N3O4S. The van der Waals surface area contributed by atoms with E-state index in [4.69, 9.17) is 4.74 Å². The van der Waals surface area contributed by atoms with E-state index in [0.717, 1.165) is 29.3 Å². The monoisotopic (exact) mass is 407 g/mol. The van der Waals surface area contributed by atoms with Crippen LogP contribution in [0.4, 0.5) is 5.69 Å². The minimum Gasteiger partial charge on any atom is -0.378 e. The second kappa shape index (κ2) is 9.07. The van der Waals surface area contributed by atoms with Gasteiger partial charge in [-0.05, 0) is 43.4 Å². The van der Waals surface area contributed by atoms with Crippen LogP contribution in [0.1, 0.15) is 29.6 Å². The van der Waals surface area contributed by atoms with Crippen LogP contribution in [0.15, 0.2) is 35.2 Å². The lowest BCUT2D eigenvalue weighted by molar-refractivity contribution is 0.0944. The van der Waals surface area contributed by atoms with E-state index in [1.54, 1.807) is 12.1 Å². The Kier molecular flexibility index (Phi) is 6.74. The topological polar surface area (TPSA) is 79.0 Å². The average Bonchev–Trinajstić information content (AvgIpc) is 2.72. The summed E-state index contributed by atoms with van der Waals surface area (Å²) in [5.74, 6) is 0.196. The van der Waals surface area contributed by atoms with Crippen molar-refractivity contribution in [1.29, 1.82) is 0 Å². The molecule has 1 fully saturated rings. The Morgan fingerprint density at radius 1 is 1.25 bits per heavy atom. The average molecular weight is 408 g/mol. The molecule has 1 atom stereocenters. The van der Waals surface area contributed by atoms with E-state index in [0.29, 0.717) is 44.3 Å². The molecule has 154 valence electrons. The van der Waals surface area contributed by atoms with Crippen LogP contribution in [-0.4, -0.2) is 65.6 Å². The fraction of sp³-hybridized carbons (Fsp3) is 0.550. The van der Waals surface area contributed by atoms with Crippen LogP contribution in [0.25, 0.3) is 0 Å². The van der Waals surface area contributed by atoms with Gasteiger partial charge in [0.1, 0.15) is 0 Å². The number of hydrogen-bond acceptors (Lipinski definition) is 5. The summed E-state index contributed by atoms with van der Waals surface area (Å²) in [6.45, 7) is 3.12. The molecular weight excluding hydrogens is 378 g/mol. The highest BCUT2D eigenvalue weighted by atomic mass is 32.2. The third kappa shape index (κ3) is 4.74. The third-order valence-electron chi connectivity index (χ3n) is 5.27. The van der Waals surface area contributed by atoms with Crippen LogP contribution in [0.5, 0.6) is 0 Å². The van der Waals surface area contributed by atoms with Crippen molar-refractivity contribution < 1.29 is 17.9 Å². The SMILES string of the molecule is CN(C)S(=O)(=O)c1ccc(N2CCOCC2)c(C(=O)NCC2CC=CCC2)c1. The van der Waals surface area contributed by atoms with Crippen LogP contribution < -0.4 is 10.2 Å². The number of anilines is 1. The number of ether oxygens (including phenoxy) is 1. The number of benzene rings is 1. The molecule has 0 radical (unpaired) electrons. The minimum atomic E-state index is -3.61. The number of allylic oxidation sites excluding steroid dienone is 2. The van der Waals surface area contributed by atoms with Gasteiger partial charge in [-0.1, -0.05) is 12.2 Å². The number of nitrogens with zero attached hydrogens (tertiary/aromatic N) is 2. The van der Waals surface area contributed by atoms with Crippen molar-refractivity contribution in [2.24, 2.45) is 5.92 Å². The van der Waals surface area contributed by atoms with Crippen LogP contribution in [0, 0.1) is 5.92 Å². The first-order valence-electron chi connectivity index (χ1n) is 9.72. The first kappa shape index (κ1) is 20.8. The summed E-state index contributed by atoms with van der Waals surface area (Å²) in [5.41, 5.74) is 1.15. The maximum atomic E-state index is 13.0. The maximum absolute atomic E-state index is 13.0. The van der Waals surface area contributed by atoms with Crippen molar-refractivity contribution in [3.8, 4) is 0 Å². The van der Waals surface area contributed by atoms with Crippen LogP contribution in [0.3, 0.4) is 0 Å². The van der Waals surface area contributed by atoms with Crippen LogP contribution in [-0.2, 0) is 14.8 Å². The molecule has 1 aromatic rings. The van der Waals surface area contributed by atoms with E-state index in [1.165, 1.54) is 20.2 Å². The quantitative estimate of drug-likeness (QED) is 0.728. The summed E-state index contributed by atoms with van der Waals surface area (Å²) in [6.07, 6.45) is 7.39. The summed E-state index contributed by atoms with van der Waals surface area (Å²) >= 11 is 0. The number of nitrogens with one attached hydrogen (secondary N) is 1. The van der Waals surface area contributed by atoms with E-state index in [-0.39, 0.29) is 10.8 Å². The molecule has 7 nitrogen and oxygen atoms in total. The molecule has 1 amide bonds. The molecule has 3 rings (SSSR count). The van der Waals surface area contributed by atoms with E-state index in [2.05, 4.69) is 22.4 Å².